The van der Waals surface area contributed by atoms with Crippen LogP contribution in [0.1, 0.15) is 11.1 Å². The molecule has 0 atom stereocenters. The molecule has 0 aliphatic rings. The first-order valence-corrected chi connectivity index (χ1v) is 6.86. The summed E-state index contributed by atoms with van der Waals surface area (Å²) in [6.45, 7) is -2.73. The average molecular weight is 322 g/mol. The fraction of sp³-hybridized carbons (Fsp3) is 0.188. The Morgan fingerprint density at radius 2 is 1.74 bits per heavy atom. The molecule has 0 aromatic heterocycles. The quantitative estimate of drug-likeness (QED) is 0.765. The molecule has 0 spiro atoms. The standard InChI is InChI=1S/C16H16F2N2O3/c17-15(18)23-14-7-5-13(6-8-14)20-16(22)19-9-11-3-1-2-4-12(11)10-21/h1-8,15,21H,9-10H2,(H2,19,20,22). The van der Waals surface area contributed by atoms with Gasteiger partial charge in [0.2, 0.25) is 0 Å². The van der Waals surface area contributed by atoms with Crippen LogP contribution in [0.3, 0.4) is 0 Å². The lowest BCUT2D eigenvalue weighted by atomic mass is 10.1. The van der Waals surface area contributed by atoms with Crippen molar-refractivity contribution in [2.24, 2.45) is 0 Å². The minimum Gasteiger partial charge on any atom is -0.435 e. The van der Waals surface area contributed by atoms with E-state index in [0.717, 1.165) is 11.1 Å². The summed E-state index contributed by atoms with van der Waals surface area (Å²) in [6.07, 6.45) is 0. The van der Waals surface area contributed by atoms with E-state index in [1.54, 1.807) is 12.1 Å². The normalized spacial score (nSPS) is 10.4. The van der Waals surface area contributed by atoms with Crippen molar-refractivity contribution < 1.29 is 23.4 Å². The molecule has 23 heavy (non-hydrogen) atoms. The highest BCUT2D eigenvalue weighted by molar-refractivity contribution is 5.89. The Balaban J connectivity index is 1.87. The van der Waals surface area contributed by atoms with Gasteiger partial charge in [0, 0.05) is 12.2 Å². The zero-order valence-electron chi connectivity index (χ0n) is 12.1. The summed E-state index contributed by atoms with van der Waals surface area (Å²) in [5.41, 5.74) is 1.99. The number of halogens is 2. The van der Waals surface area contributed by atoms with E-state index in [9.17, 15) is 18.7 Å². The summed E-state index contributed by atoms with van der Waals surface area (Å²) in [7, 11) is 0. The summed E-state index contributed by atoms with van der Waals surface area (Å²) in [5, 5.41) is 14.4. The van der Waals surface area contributed by atoms with Gasteiger partial charge in [-0.3, -0.25) is 0 Å². The van der Waals surface area contributed by atoms with E-state index >= 15 is 0 Å². The Morgan fingerprint density at radius 1 is 1.09 bits per heavy atom. The highest BCUT2D eigenvalue weighted by Gasteiger charge is 2.06. The van der Waals surface area contributed by atoms with Crippen LogP contribution in [0.15, 0.2) is 48.5 Å². The summed E-state index contributed by atoms with van der Waals surface area (Å²) < 4.78 is 28.3. The van der Waals surface area contributed by atoms with Crippen LogP contribution in [-0.4, -0.2) is 17.7 Å². The third-order valence-electron chi connectivity index (χ3n) is 3.07. The molecule has 5 nitrogen and oxygen atoms in total. The van der Waals surface area contributed by atoms with Gasteiger partial charge in [-0.2, -0.15) is 8.78 Å². The van der Waals surface area contributed by atoms with Crippen LogP contribution in [0.2, 0.25) is 0 Å². The number of anilines is 1. The van der Waals surface area contributed by atoms with Crippen LogP contribution < -0.4 is 15.4 Å². The van der Waals surface area contributed by atoms with Gasteiger partial charge in [0.1, 0.15) is 5.75 Å². The molecule has 2 aromatic carbocycles. The lowest BCUT2D eigenvalue weighted by Crippen LogP contribution is -2.28. The molecule has 2 amide bonds. The first-order valence-electron chi connectivity index (χ1n) is 6.86. The van der Waals surface area contributed by atoms with Crippen LogP contribution in [0.25, 0.3) is 0 Å². The number of rotatable bonds is 6. The minimum atomic E-state index is -2.89. The van der Waals surface area contributed by atoms with Gasteiger partial charge in [0.05, 0.1) is 6.61 Å². The summed E-state index contributed by atoms with van der Waals surface area (Å²) in [5.74, 6) is 0.0165. The van der Waals surface area contributed by atoms with E-state index in [4.69, 9.17) is 0 Å². The molecule has 122 valence electrons. The minimum absolute atomic E-state index is 0.0165. The van der Waals surface area contributed by atoms with Crippen molar-refractivity contribution in [2.75, 3.05) is 5.32 Å². The van der Waals surface area contributed by atoms with E-state index in [1.165, 1.54) is 24.3 Å². The highest BCUT2D eigenvalue weighted by atomic mass is 19.3. The molecule has 0 aliphatic carbocycles. The Morgan fingerprint density at radius 3 is 2.35 bits per heavy atom. The number of benzene rings is 2. The van der Waals surface area contributed by atoms with E-state index in [2.05, 4.69) is 15.4 Å². The van der Waals surface area contributed by atoms with Crippen molar-refractivity contribution in [1.82, 2.24) is 5.32 Å². The van der Waals surface area contributed by atoms with Gasteiger partial charge < -0.3 is 20.5 Å². The van der Waals surface area contributed by atoms with Gasteiger partial charge in [-0.1, -0.05) is 24.3 Å². The zero-order valence-corrected chi connectivity index (χ0v) is 12.1. The summed E-state index contributed by atoms with van der Waals surface area (Å²) >= 11 is 0. The third kappa shape index (κ3) is 5.23. The van der Waals surface area contributed by atoms with E-state index < -0.39 is 12.6 Å². The molecular formula is C16H16F2N2O3. The molecule has 3 N–H and O–H groups in total. The van der Waals surface area contributed by atoms with Crippen LogP contribution in [0.4, 0.5) is 19.3 Å². The Kier molecular flexibility index (Phi) is 5.87. The maximum Gasteiger partial charge on any atom is 0.387 e. The molecule has 0 saturated heterocycles. The molecule has 0 heterocycles. The van der Waals surface area contributed by atoms with Gasteiger partial charge in [0.15, 0.2) is 0 Å². The fourth-order valence-electron chi connectivity index (χ4n) is 1.95. The number of hydrogen-bond donors (Lipinski definition) is 3. The smallest absolute Gasteiger partial charge is 0.387 e. The first-order chi connectivity index (χ1) is 11.1. The number of carbonyl (C=O) groups excluding carboxylic acids is 1. The van der Waals surface area contributed by atoms with Gasteiger partial charge in [-0.25, -0.2) is 4.79 Å². The van der Waals surface area contributed by atoms with Crippen LogP contribution in [0, 0.1) is 0 Å². The molecule has 0 bridgehead atoms. The van der Waals surface area contributed by atoms with Crippen LogP contribution in [-0.2, 0) is 13.2 Å². The van der Waals surface area contributed by atoms with Crippen molar-refractivity contribution in [2.45, 2.75) is 19.8 Å². The molecule has 0 aliphatic heterocycles. The van der Waals surface area contributed by atoms with Crippen molar-refractivity contribution in [3.05, 3.63) is 59.7 Å². The molecule has 2 aromatic rings. The van der Waals surface area contributed by atoms with Crippen molar-refractivity contribution in [1.29, 1.82) is 0 Å². The van der Waals surface area contributed by atoms with E-state index in [0.29, 0.717) is 5.69 Å². The molecule has 2 rings (SSSR count). The average Bonchev–Trinajstić information content (AvgIpc) is 2.54. The molecule has 0 radical (unpaired) electrons. The van der Waals surface area contributed by atoms with Gasteiger partial charge in [-0.15, -0.1) is 0 Å². The number of aliphatic hydroxyl groups is 1. The number of hydrogen-bond acceptors (Lipinski definition) is 3. The Labute approximate surface area is 131 Å². The fourth-order valence-corrected chi connectivity index (χ4v) is 1.95. The van der Waals surface area contributed by atoms with E-state index in [1.807, 2.05) is 12.1 Å². The first kappa shape index (κ1) is 16.7. The van der Waals surface area contributed by atoms with Crippen molar-refractivity contribution in [3.63, 3.8) is 0 Å². The number of urea groups is 1. The lowest BCUT2D eigenvalue weighted by Gasteiger charge is -2.11. The number of ether oxygens (including phenoxy) is 1. The Hall–Kier alpha value is -2.67. The third-order valence-corrected chi connectivity index (χ3v) is 3.07. The second-order valence-electron chi connectivity index (χ2n) is 4.64. The Bertz CT molecular complexity index is 648. The van der Waals surface area contributed by atoms with E-state index in [-0.39, 0.29) is 18.9 Å². The summed E-state index contributed by atoms with van der Waals surface area (Å²) in [6, 6.07) is 12.3. The monoisotopic (exact) mass is 322 g/mol. The molecule has 0 saturated carbocycles. The molecule has 0 unspecified atom stereocenters. The second kappa shape index (κ2) is 8.09. The predicted octanol–water partition coefficient (Wildman–Crippen LogP) is 3.10. The lowest BCUT2D eigenvalue weighted by molar-refractivity contribution is -0.0498. The number of alkyl halides is 2. The van der Waals surface area contributed by atoms with Crippen molar-refractivity contribution in [3.8, 4) is 5.75 Å². The number of nitrogens with one attached hydrogen (secondary N) is 2. The molecular weight excluding hydrogens is 306 g/mol. The molecule has 7 heteroatoms. The largest absolute Gasteiger partial charge is 0.435 e. The topological polar surface area (TPSA) is 70.6 Å². The SMILES string of the molecule is O=C(NCc1ccccc1CO)Nc1ccc(OC(F)F)cc1. The predicted molar refractivity (Wildman–Crippen MR) is 81.3 cm³/mol. The summed E-state index contributed by atoms with van der Waals surface area (Å²) in [4.78, 5) is 11.8. The zero-order chi connectivity index (χ0) is 16.7. The van der Waals surface area contributed by atoms with Gasteiger partial charge in [-0.05, 0) is 35.4 Å². The van der Waals surface area contributed by atoms with Crippen LogP contribution in [0.5, 0.6) is 5.75 Å². The highest BCUT2D eigenvalue weighted by Crippen LogP contribution is 2.17. The van der Waals surface area contributed by atoms with Gasteiger partial charge in [0.25, 0.3) is 0 Å². The maximum absolute atomic E-state index is 12.0. The number of amides is 2. The van der Waals surface area contributed by atoms with Crippen molar-refractivity contribution >= 4 is 11.7 Å². The number of aliphatic hydroxyl groups excluding tert-OH is 1. The second-order valence-corrected chi connectivity index (χ2v) is 4.64. The van der Waals surface area contributed by atoms with Crippen LogP contribution >= 0.6 is 0 Å². The molecule has 0 fully saturated rings. The van der Waals surface area contributed by atoms with Gasteiger partial charge >= 0.3 is 12.6 Å². The number of carbonyl (C=O) groups is 1. The maximum atomic E-state index is 12.0.